The molecule has 0 saturated carbocycles. The van der Waals surface area contributed by atoms with Crippen LogP contribution in [0.4, 0.5) is 0 Å². The maximum atomic E-state index is 12.1. The topological polar surface area (TPSA) is 57.2 Å². The lowest BCUT2D eigenvalue weighted by molar-refractivity contribution is 0.100. The van der Waals surface area contributed by atoms with Gasteiger partial charge in [-0.15, -0.1) is 0 Å². The zero-order valence-corrected chi connectivity index (χ0v) is 16.8. The summed E-state index contributed by atoms with van der Waals surface area (Å²) in [6.07, 6.45) is 0. The number of hydrogen-bond donors (Lipinski definition) is 1. The second kappa shape index (κ2) is 7.32. The highest BCUT2D eigenvalue weighted by atomic mass is 16.5. The first-order valence-electron chi connectivity index (χ1n) is 9.96. The van der Waals surface area contributed by atoms with E-state index in [1.165, 1.54) is 16.3 Å². The van der Waals surface area contributed by atoms with E-state index >= 15 is 0 Å². The summed E-state index contributed by atoms with van der Waals surface area (Å²) in [6, 6.07) is 26.9. The molecule has 0 bridgehead atoms. The van der Waals surface area contributed by atoms with Gasteiger partial charge in [0, 0.05) is 35.5 Å². The van der Waals surface area contributed by atoms with Crippen molar-refractivity contribution < 1.29 is 9.53 Å². The predicted octanol–water partition coefficient (Wildman–Crippen LogP) is 5.24. The van der Waals surface area contributed by atoms with Crippen LogP contribution >= 0.6 is 0 Å². The number of nitrogens with zero attached hydrogens (tertiary/aromatic N) is 1. The summed E-state index contributed by atoms with van der Waals surface area (Å²) >= 11 is 0. The van der Waals surface area contributed by atoms with Crippen molar-refractivity contribution in [2.45, 2.75) is 13.2 Å². The van der Waals surface area contributed by atoms with E-state index in [0.29, 0.717) is 18.7 Å². The van der Waals surface area contributed by atoms with E-state index in [9.17, 15) is 4.79 Å². The van der Waals surface area contributed by atoms with Crippen molar-refractivity contribution in [2.75, 3.05) is 7.11 Å². The number of hydrogen-bond acceptors (Lipinski definition) is 2. The molecule has 0 unspecified atom stereocenters. The van der Waals surface area contributed by atoms with Crippen molar-refractivity contribution in [1.82, 2.24) is 4.57 Å². The number of rotatable bonds is 5. The van der Waals surface area contributed by atoms with Gasteiger partial charge in [0.1, 0.15) is 0 Å². The normalized spacial score (nSPS) is 11.5. The van der Waals surface area contributed by atoms with Gasteiger partial charge in [0.2, 0.25) is 5.91 Å². The maximum Gasteiger partial charge on any atom is 0.249 e. The van der Waals surface area contributed by atoms with E-state index < -0.39 is 5.91 Å². The molecule has 0 fully saturated rings. The fraction of sp³-hybridized carbons (Fsp3) is 0.115. The van der Waals surface area contributed by atoms with Gasteiger partial charge in [-0.05, 0) is 46.2 Å². The molecule has 0 aliphatic carbocycles. The van der Waals surface area contributed by atoms with Gasteiger partial charge in [-0.1, -0.05) is 54.6 Å². The lowest BCUT2D eigenvalue weighted by atomic mass is 10.0. The fourth-order valence-corrected chi connectivity index (χ4v) is 4.34. The molecule has 5 rings (SSSR count). The molecule has 30 heavy (non-hydrogen) atoms. The van der Waals surface area contributed by atoms with Crippen LogP contribution in [0.25, 0.3) is 32.6 Å². The Morgan fingerprint density at radius 3 is 2.47 bits per heavy atom. The average Bonchev–Trinajstić information content (AvgIpc) is 3.07. The van der Waals surface area contributed by atoms with Gasteiger partial charge >= 0.3 is 0 Å². The molecule has 4 heteroatoms. The molecule has 4 aromatic carbocycles. The molecule has 4 nitrogen and oxygen atoms in total. The van der Waals surface area contributed by atoms with Gasteiger partial charge < -0.3 is 15.0 Å². The number of primary amides is 1. The standard InChI is InChI=1S/C26H22N2O2/c1-30-16-18-10-12-21-24(14-18)28(23-8-4-7-22(25(21)23)26(27)29)15-17-9-11-19-5-2-3-6-20(19)13-17/h2-14H,15-16H2,1H3,(H2,27,29). The first kappa shape index (κ1) is 18.4. The van der Waals surface area contributed by atoms with Gasteiger partial charge in [-0.3, -0.25) is 4.79 Å². The van der Waals surface area contributed by atoms with Crippen molar-refractivity contribution >= 4 is 38.5 Å². The van der Waals surface area contributed by atoms with Crippen molar-refractivity contribution in [3.8, 4) is 0 Å². The molecule has 0 aliphatic rings. The van der Waals surface area contributed by atoms with E-state index in [0.717, 1.165) is 27.4 Å². The second-order valence-electron chi connectivity index (χ2n) is 7.62. The summed E-state index contributed by atoms with van der Waals surface area (Å²) in [7, 11) is 1.69. The predicted molar refractivity (Wildman–Crippen MR) is 122 cm³/mol. The highest BCUT2D eigenvalue weighted by Gasteiger charge is 2.17. The summed E-state index contributed by atoms with van der Waals surface area (Å²) in [4.78, 5) is 12.1. The van der Waals surface area contributed by atoms with E-state index in [4.69, 9.17) is 10.5 Å². The highest BCUT2D eigenvalue weighted by molar-refractivity contribution is 6.18. The third-order valence-electron chi connectivity index (χ3n) is 5.69. The van der Waals surface area contributed by atoms with Crippen LogP contribution in [0.5, 0.6) is 0 Å². The number of aromatic nitrogens is 1. The number of amides is 1. The van der Waals surface area contributed by atoms with E-state index in [1.54, 1.807) is 13.2 Å². The molecule has 1 amide bonds. The Morgan fingerprint density at radius 2 is 1.67 bits per heavy atom. The van der Waals surface area contributed by atoms with E-state index in [-0.39, 0.29) is 0 Å². The molecule has 0 atom stereocenters. The number of benzene rings is 4. The Hall–Kier alpha value is -3.63. The van der Waals surface area contributed by atoms with Crippen LogP contribution in [0.3, 0.4) is 0 Å². The molecular formula is C26H22N2O2. The van der Waals surface area contributed by atoms with Crippen molar-refractivity contribution in [2.24, 2.45) is 5.73 Å². The van der Waals surface area contributed by atoms with Crippen molar-refractivity contribution in [3.63, 3.8) is 0 Å². The van der Waals surface area contributed by atoms with Gasteiger partial charge in [0.25, 0.3) is 0 Å². The molecule has 0 aliphatic heterocycles. The minimum absolute atomic E-state index is 0.411. The molecular weight excluding hydrogens is 372 g/mol. The Bertz CT molecular complexity index is 1420. The third kappa shape index (κ3) is 3.02. The quantitative estimate of drug-likeness (QED) is 0.443. The first-order valence-corrected chi connectivity index (χ1v) is 9.96. The average molecular weight is 394 g/mol. The summed E-state index contributed by atoms with van der Waals surface area (Å²) in [5.41, 5.74) is 10.6. The molecule has 148 valence electrons. The Kier molecular flexibility index (Phi) is 4.49. The Labute approximate surface area is 174 Å². The molecule has 0 radical (unpaired) electrons. The number of carbonyl (C=O) groups is 1. The van der Waals surface area contributed by atoms with E-state index in [2.05, 4.69) is 65.2 Å². The monoisotopic (exact) mass is 394 g/mol. The Balaban J connectivity index is 1.76. The molecule has 0 spiro atoms. The molecule has 2 N–H and O–H groups in total. The molecule has 5 aromatic rings. The SMILES string of the molecule is COCc1ccc2c3c(C(N)=O)cccc3n(Cc3ccc4ccccc4c3)c2c1. The van der Waals surface area contributed by atoms with Gasteiger partial charge in [0.15, 0.2) is 0 Å². The fourth-order valence-electron chi connectivity index (χ4n) is 4.34. The smallest absolute Gasteiger partial charge is 0.249 e. The van der Waals surface area contributed by atoms with Gasteiger partial charge in [-0.2, -0.15) is 0 Å². The maximum absolute atomic E-state index is 12.1. The second-order valence-corrected chi connectivity index (χ2v) is 7.62. The van der Waals surface area contributed by atoms with Crippen LogP contribution in [0.2, 0.25) is 0 Å². The van der Waals surface area contributed by atoms with Crippen LogP contribution in [-0.2, 0) is 17.9 Å². The summed E-state index contributed by atoms with van der Waals surface area (Å²) in [5, 5.41) is 4.38. The summed E-state index contributed by atoms with van der Waals surface area (Å²) < 4.78 is 7.60. The van der Waals surface area contributed by atoms with Gasteiger partial charge in [-0.25, -0.2) is 0 Å². The minimum atomic E-state index is -0.411. The number of nitrogens with two attached hydrogens (primary N) is 1. The minimum Gasteiger partial charge on any atom is -0.380 e. The number of fused-ring (bicyclic) bond motifs is 4. The summed E-state index contributed by atoms with van der Waals surface area (Å²) in [6.45, 7) is 1.24. The van der Waals surface area contributed by atoms with E-state index in [1.807, 2.05) is 12.1 Å². The van der Waals surface area contributed by atoms with Crippen molar-refractivity contribution in [3.05, 3.63) is 95.6 Å². The number of ether oxygens (including phenoxy) is 1. The van der Waals surface area contributed by atoms with Crippen LogP contribution < -0.4 is 5.73 Å². The zero-order chi connectivity index (χ0) is 20.7. The largest absolute Gasteiger partial charge is 0.380 e. The van der Waals surface area contributed by atoms with Crippen LogP contribution in [0.1, 0.15) is 21.5 Å². The highest BCUT2D eigenvalue weighted by Crippen LogP contribution is 2.33. The van der Waals surface area contributed by atoms with Crippen LogP contribution in [0, 0.1) is 0 Å². The lowest BCUT2D eigenvalue weighted by Gasteiger charge is -2.10. The number of methoxy groups -OCH3 is 1. The summed E-state index contributed by atoms with van der Waals surface area (Å²) in [5.74, 6) is -0.411. The zero-order valence-electron chi connectivity index (χ0n) is 16.8. The number of carbonyl (C=O) groups excluding carboxylic acids is 1. The Morgan fingerprint density at radius 1 is 0.867 bits per heavy atom. The van der Waals surface area contributed by atoms with Crippen LogP contribution in [0.15, 0.2) is 78.9 Å². The lowest BCUT2D eigenvalue weighted by Crippen LogP contribution is -2.11. The molecule has 1 heterocycles. The van der Waals surface area contributed by atoms with Gasteiger partial charge in [0.05, 0.1) is 12.1 Å². The van der Waals surface area contributed by atoms with Crippen LogP contribution in [-0.4, -0.2) is 17.6 Å². The van der Waals surface area contributed by atoms with Crippen molar-refractivity contribution in [1.29, 1.82) is 0 Å². The molecule has 1 aromatic heterocycles. The first-order chi connectivity index (χ1) is 14.7. The third-order valence-corrected chi connectivity index (χ3v) is 5.69. The molecule has 0 saturated heterocycles.